The number of rotatable bonds is 3. The Hall–Kier alpha value is -1.68. The van der Waals surface area contributed by atoms with Crippen molar-refractivity contribution >= 4 is 0 Å². The highest BCUT2D eigenvalue weighted by atomic mass is 16.5. The summed E-state index contributed by atoms with van der Waals surface area (Å²) < 4.78 is 5.12. The molecule has 1 atom stereocenters. The maximum Gasteiger partial charge on any atom is 0.257 e. The second kappa shape index (κ2) is 4.45. The van der Waals surface area contributed by atoms with Crippen LogP contribution >= 0.6 is 0 Å². The Labute approximate surface area is 93.9 Å². The summed E-state index contributed by atoms with van der Waals surface area (Å²) in [5.41, 5.74) is 2.09. The fraction of sp³-hybridized carbons (Fsp3) is 0.333. The van der Waals surface area contributed by atoms with E-state index in [9.17, 15) is 5.11 Å². The van der Waals surface area contributed by atoms with Gasteiger partial charge in [0, 0.05) is 12.0 Å². The van der Waals surface area contributed by atoms with Gasteiger partial charge in [-0.2, -0.15) is 4.98 Å². The summed E-state index contributed by atoms with van der Waals surface area (Å²) in [7, 11) is 0. The van der Waals surface area contributed by atoms with Crippen molar-refractivity contribution in [2.24, 2.45) is 0 Å². The number of benzene rings is 1. The molecule has 0 saturated carbocycles. The molecular weight excluding hydrogens is 204 g/mol. The number of aromatic nitrogens is 2. The highest BCUT2D eigenvalue weighted by Gasteiger charge is 2.10. The summed E-state index contributed by atoms with van der Waals surface area (Å²) in [6.07, 6.45) is -0.0431. The highest BCUT2D eigenvalue weighted by molar-refractivity contribution is 5.53. The molecule has 0 aliphatic carbocycles. The number of aliphatic hydroxyl groups excluding tert-OH is 1. The summed E-state index contributed by atoms with van der Waals surface area (Å²) in [6.45, 7) is 3.72. The molecule has 1 aromatic carbocycles. The maximum atomic E-state index is 9.20. The molecule has 0 radical (unpaired) electrons. The second-order valence-corrected chi connectivity index (χ2v) is 3.93. The molecule has 4 heteroatoms. The van der Waals surface area contributed by atoms with Crippen LogP contribution in [0, 0.1) is 6.92 Å². The maximum absolute atomic E-state index is 9.20. The fourth-order valence-corrected chi connectivity index (χ4v) is 1.41. The molecule has 1 unspecified atom stereocenters. The smallest absolute Gasteiger partial charge is 0.257 e. The third-order valence-corrected chi connectivity index (χ3v) is 2.24. The van der Waals surface area contributed by atoms with Crippen LogP contribution in [0.3, 0.4) is 0 Å². The van der Waals surface area contributed by atoms with E-state index in [2.05, 4.69) is 10.1 Å². The Morgan fingerprint density at radius 1 is 1.31 bits per heavy atom. The Kier molecular flexibility index (Phi) is 3.01. The third kappa shape index (κ3) is 2.46. The van der Waals surface area contributed by atoms with Crippen molar-refractivity contribution in [1.29, 1.82) is 0 Å². The Morgan fingerprint density at radius 3 is 2.62 bits per heavy atom. The molecule has 1 aromatic heterocycles. The summed E-state index contributed by atoms with van der Waals surface area (Å²) in [4.78, 5) is 4.21. The van der Waals surface area contributed by atoms with Crippen molar-refractivity contribution in [3.63, 3.8) is 0 Å². The zero-order chi connectivity index (χ0) is 11.5. The number of hydrogen-bond donors (Lipinski definition) is 1. The monoisotopic (exact) mass is 218 g/mol. The lowest BCUT2D eigenvalue weighted by molar-refractivity contribution is 0.191. The Balaban J connectivity index is 2.21. The van der Waals surface area contributed by atoms with E-state index in [-0.39, 0.29) is 0 Å². The fourth-order valence-electron chi connectivity index (χ4n) is 1.41. The molecule has 0 aliphatic rings. The van der Waals surface area contributed by atoms with Crippen molar-refractivity contribution in [3.8, 4) is 11.5 Å². The topological polar surface area (TPSA) is 59.2 Å². The number of hydrogen-bond acceptors (Lipinski definition) is 4. The van der Waals surface area contributed by atoms with E-state index < -0.39 is 6.10 Å². The molecule has 84 valence electrons. The van der Waals surface area contributed by atoms with Gasteiger partial charge in [0.25, 0.3) is 5.89 Å². The van der Waals surface area contributed by atoms with Crippen LogP contribution in [0.4, 0.5) is 0 Å². The minimum atomic E-state index is -0.455. The number of nitrogens with zero attached hydrogens (tertiary/aromatic N) is 2. The van der Waals surface area contributed by atoms with Gasteiger partial charge < -0.3 is 9.63 Å². The van der Waals surface area contributed by atoms with Gasteiger partial charge in [-0.1, -0.05) is 22.9 Å². The quantitative estimate of drug-likeness (QED) is 0.855. The zero-order valence-corrected chi connectivity index (χ0v) is 9.34. The molecule has 0 saturated heterocycles. The largest absolute Gasteiger partial charge is 0.393 e. The van der Waals surface area contributed by atoms with Crippen molar-refractivity contribution in [2.45, 2.75) is 26.4 Å². The average Bonchev–Trinajstić information content (AvgIpc) is 2.66. The first-order valence-electron chi connectivity index (χ1n) is 5.23. The van der Waals surface area contributed by atoms with E-state index >= 15 is 0 Å². The standard InChI is InChI=1S/C12H14N2O2/c1-8-3-5-10(6-4-8)12-13-11(14-16-12)7-9(2)15/h3-6,9,15H,7H2,1-2H3. The minimum absolute atomic E-state index is 0.412. The van der Waals surface area contributed by atoms with Gasteiger partial charge in [-0.25, -0.2) is 0 Å². The van der Waals surface area contributed by atoms with Crippen LogP contribution in [0.25, 0.3) is 11.5 Å². The van der Waals surface area contributed by atoms with Gasteiger partial charge in [0.1, 0.15) is 0 Å². The Bertz CT molecular complexity index is 460. The molecule has 1 heterocycles. The first kappa shape index (κ1) is 10.8. The SMILES string of the molecule is Cc1ccc(-c2nc(CC(C)O)no2)cc1. The second-order valence-electron chi connectivity index (χ2n) is 3.93. The highest BCUT2D eigenvalue weighted by Crippen LogP contribution is 2.17. The van der Waals surface area contributed by atoms with Crippen molar-refractivity contribution in [3.05, 3.63) is 35.7 Å². The van der Waals surface area contributed by atoms with E-state index in [0.717, 1.165) is 5.56 Å². The lowest BCUT2D eigenvalue weighted by Gasteiger charge is -1.96. The molecular formula is C12H14N2O2. The molecule has 4 nitrogen and oxygen atoms in total. The van der Waals surface area contributed by atoms with E-state index in [0.29, 0.717) is 18.1 Å². The first-order valence-corrected chi connectivity index (χ1v) is 5.23. The zero-order valence-electron chi connectivity index (χ0n) is 9.34. The number of aryl methyl sites for hydroxylation is 1. The van der Waals surface area contributed by atoms with Crippen LogP contribution in [0.2, 0.25) is 0 Å². The predicted octanol–water partition coefficient (Wildman–Crippen LogP) is 1.97. The van der Waals surface area contributed by atoms with Gasteiger partial charge in [-0.05, 0) is 26.0 Å². The van der Waals surface area contributed by atoms with Crippen LogP contribution in [-0.4, -0.2) is 21.4 Å². The molecule has 0 fully saturated rings. The molecule has 0 amide bonds. The summed E-state index contributed by atoms with van der Waals surface area (Å²) in [5.74, 6) is 1.03. The lowest BCUT2D eigenvalue weighted by Crippen LogP contribution is -2.05. The first-order chi connectivity index (χ1) is 7.65. The Morgan fingerprint density at radius 2 is 2.00 bits per heavy atom. The van der Waals surface area contributed by atoms with Crippen LogP contribution in [-0.2, 0) is 6.42 Å². The molecule has 0 spiro atoms. The third-order valence-electron chi connectivity index (χ3n) is 2.24. The lowest BCUT2D eigenvalue weighted by atomic mass is 10.1. The van der Waals surface area contributed by atoms with Crippen molar-refractivity contribution in [2.75, 3.05) is 0 Å². The normalized spacial score (nSPS) is 12.7. The van der Waals surface area contributed by atoms with E-state index in [4.69, 9.17) is 4.52 Å². The van der Waals surface area contributed by atoms with Gasteiger partial charge in [0.05, 0.1) is 6.10 Å². The summed E-state index contributed by atoms with van der Waals surface area (Å²) >= 11 is 0. The van der Waals surface area contributed by atoms with E-state index in [1.54, 1.807) is 6.92 Å². The molecule has 0 bridgehead atoms. The van der Waals surface area contributed by atoms with Crippen molar-refractivity contribution in [1.82, 2.24) is 10.1 Å². The molecule has 0 aliphatic heterocycles. The van der Waals surface area contributed by atoms with E-state index in [1.165, 1.54) is 5.56 Å². The molecule has 16 heavy (non-hydrogen) atoms. The van der Waals surface area contributed by atoms with Gasteiger partial charge in [-0.3, -0.25) is 0 Å². The van der Waals surface area contributed by atoms with Crippen LogP contribution in [0.5, 0.6) is 0 Å². The van der Waals surface area contributed by atoms with Crippen molar-refractivity contribution < 1.29 is 9.63 Å². The van der Waals surface area contributed by atoms with Gasteiger partial charge in [0.2, 0.25) is 0 Å². The molecule has 2 aromatic rings. The van der Waals surface area contributed by atoms with Crippen LogP contribution in [0.1, 0.15) is 18.3 Å². The number of aliphatic hydroxyl groups is 1. The van der Waals surface area contributed by atoms with Crippen LogP contribution in [0.15, 0.2) is 28.8 Å². The van der Waals surface area contributed by atoms with Gasteiger partial charge >= 0.3 is 0 Å². The van der Waals surface area contributed by atoms with Gasteiger partial charge in [-0.15, -0.1) is 0 Å². The van der Waals surface area contributed by atoms with Gasteiger partial charge in [0.15, 0.2) is 5.82 Å². The minimum Gasteiger partial charge on any atom is -0.393 e. The summed E-state index contributed by atoms with van der Waals surface area (Å²) in [6, 6.07) is 7.87. The molecule has 2 rings (SSSR count). The average molecular weight is 218 g/mol. The van der Waals surface area contributed by atoms with Crippen LogP contribution < -0.4 is 0 Å². The summed E-state index contributed by atoms with van der Waals surface area (Å²) in [5, 5.41) is 13.0. The van der Waals surface area contributed by atoms with E-state index in [1.807, 2.05) is 31.2 Å². The molecule has 1 N–H and O–H groups in total. The predicted molar refractivity (Wildman–Crippen MR) is 59.9 cm³/mol.